The molecule has 1 aliphatic carbocycles. The average molecular weight is 263 g/mol. The van der Waals surface area contributed by atoms with Crippen LogP contribution in [-0.2, 0) is 13.0 Å². The third kappa shape index (κ3) is 3.61. The van der Waals surface area contributed by atoms with Crippen LogP contribution in [0.25, 0.3) is 0 Å². The van der Waals surface area contributed by atoms with Crippen molar-refractivity contribution in [2.24, 2.45) is 5.73 Å². The van der Waals surface area contributed by atoms with Crippen molar-refractivity contribution in [3.63, 3.8) is 0 Å². The lowest BCUT2D eigenvalue weighted by atomic mass is 9.93. The molecule has 2 rings (SSSR count). The van der Waals surface area contributed by atoms with Gasteiger partial charge < -0.3 is 15.2 Å². The summed E-state index contributed by atoms with van der Waals surface area (Å²) in [4.78, 5) is 2.42. The quantitative estimate of drug-likeness (QED) is 0.801. The first-order valence-corrected chi connectivity index (χ1v) is 7.73. The van der Waals surface area contributed by atoms with E-state index in [9.17, 15) is 0 Å². The number of aromatic nitrogens is 1. The molecule has 0 radical (unpaired) electrons. The van der Waals surface area contributed by atoms with Crippen molar-refractivity contribution in [3.8, 4) is 0 Å². The molecule has 0 amide bonds. The Hall–Kier alpha value is -0.800. The number of nitrogens with two attached hydrogens (primary N) is 1. The Bertz CT molecular complexity index is 395. The van der Waals surface area contributed by atoms with E-state index in [1.54, 1.807) is 0 Å². The van der Waals surface area contributed by atoms with Gasteiger partial charge in [-0.1, -0.05) is 0 Å². The second-order valence-electron chi connectivity index (χ2n) is 6.19. The molecule has 1 aromatic heterocycles. The highest BCUT2D eigenvalue weighted by Gasteiger charge is 2.19. The van der Waals surface area contributed by atoms with E-state index in [0.717, 1.165) is 13.0 Å². The Labute approximate surface area is 117 Å². The molecule has 1 aliphatic rings. The van der Waals surface area contributed by atoms with Gasteiger partial charge in [0.1, 0.15) is 0 Å². The third-order valence-corrected chi connectivity index (χ3v) is 4.48. The van der Waals surface area contributed by atoms with Crippen LogP contribution in [0.4, 0.5) is 0 Å². The van der Waals surface area contributed by atoms with Crippen molar-refractivity contribution < 1.29 is 0 Å². The molecule has 0 spiro atoms. The van der Waals surface area contributed by atoms with Crippen LogP contribution in [0.3, 0.4) is 0 Å². The maximum atomic E-state index is 6.17. The summed E-state index contributed by atoms with van der Waals surface area (Å²) in [6, 6.07) is 3.16. The molecule has 1 heterocycles. The SMILES string of the molecule is CC(C)N(C)CCCCn1ccc2c1CCCC2N. The van der Waals surface area contributed by atoms with Crippen molar-refractivity contribution in [2.75, 3.05) is 13.6 Å². The van der Waals surface area contributed by atoms with E-state index < -0.39 is 0 Å². The van der Waals surface area contributed by atoms with E-state index in [-0.39, 0.29) is 6.04 Å². The molecule has 1 unspecified atom stereocenters. The molecule has 2 N–H and O–H groups in total. The fourth-order valence-corrected chi connectivity index (χ4v) is 2.90. The number of aryl methyl sites for hydroxylation is 1. The maximum Gasteiger partial charge on any atom is 0.0312 e. The normalized spacial score (nSPS) is 19.2. The monoisotopic (exact) mass is 263 g/mol. The number of unbranched alkanes of at least 4 members (excludes halogenated alkanes) is 1. The number of fused-ring (bicyclic) bond motifs is 1. The maximum absolute atomic E-state index is 6.17. The zero-order valence-corrected chi connectivity index (χ0v) is 12.7. The van der Waals surface area contributed by atoms with Crippen molar-refractivity contribution >= 4 is 0 Å². The van der Waals surface area contributed by atoms with E-state index >= 15 is 0 Å². The van der Waals surface area contributed by atoms with Crippen LogP contribution >= 0.6 is 0 Å². The molecule has 19 heavy (non-hydrogen) atoms. The molecule has 0 bridgehead atoms. The fourth-order valence-electron chi connectivity index (χ4n) is 2.90. The standard InChI is InChI=1S/C16H29N3/c1-13(2)18(3)10-4-5-11-19-12-9-14-15(17)7-6-8-16(14)19/h9,12-13,15H,4-8,10-11,17H2,1-3H3. The average Bonchev–Trinajstić information content (AvgIpc) is 2.79. The zero-order valence-electron chi connectivity index (χ0n) is 12.7. The van der Waals surface area contributed by atoms with Gasteiger partial charge in [-0.2, -0.15) is 0 Å². The highest BCUT2D eigenvalue weighted by molar-refractivity contribution is 5.28. The highest BCUT2D eigenvalue weighted by Crippen LogP contribution is 2.28. The van der Waals surface area contributed by atoms with Gasteiger partial charge in [-0.3, -0.25) is 0 Å². The summed E-state index contributed by atoms with van der Waals surface area (Å²) < 4.78 is 2.43. The van der Waals surface area contributed by atoms with Gasteiger partial charge >= 0.3 is 0 Å². The summed E-state index contributed by atoms with van der Waals surface area (Å²) in [7, 11) is 2.21. The second-order valence-corrected chi connectivity index (χ2v) is 6.19. The molecule has 0 aromatic carbocycles. The van der Waals surface area contributed by atoms with Crippen LogP contribution in [0.5, 0.6) is 0 Å². The van der Waals surface area contributed by atoms with Crippen LogP contribution in [0, 0.1) is 0 Å². The van der Waals surface area contributed by atoms with Gasteiger partial charge in [-0.05, 0) is 71.2 Å². The number of rotatable bonds is 6. The predicted molar refractivity (Wildman–Crippen MR) is 81.3 cm³/mol. The van der Waals surface area contributed by atoms with Crippen LogP contribution in [-0.4, -0.2) is 29.1 Å². The number of hydrogen-bond donors (Lipinski definition) is 1. The molecular weight excluding hydrogens is 234 g/mol. The highest BCUT2D eigenvalue weighted by atomic mass is 15.1. The summed E-state index contributed by atoms with van der Waals surface area (Å²) in [5.41, 5.74) is 9.06. The lowest BCUT2D eigenvalue weighted by Gasteiger charge is -2.22. The van der Waals surface area contributed by atoms with Crippen molar-refractivity contribution in [1.29, 1.82) is 0 Å². The van der Waals surface area contributed by atoms with Crippen LogP contribution < -0.4 is 5.73 Å². The lowest BCUT2D eigenvalue weighted by Crippen LogP contribution is -2.27. The summed E-state index contributed by atoms with van der Waals surface area (Å²) in [5, 5.41) is 0. The summed E-state index contributed by atoms with van der Waals surface area (Å²) >= 11 is 0. The molecular formula is C16H29N3. The minimum Gasteiger partial charge on any atom is -0.351 e. The summed E-state index contributed by atoms with van der Waals surface area (Å²) in [5.74, 6) is 0. The Morgan fingerprint density at radius 1 is 1.42 bits per heavy atom. The van der Waals surface area contributed by atoms with Gasteiger partial charge in [-0.25, -0.2) is 0 Å². The second kappa shape index (κ2) is 6.58. The smallest absolute Gasteiger partial charge is 0.0312 e. The predicted octanol–water partition coefficient (Wildman–Crippen LogP) is 2.94. The molecule has 0 fully saturated rings. The van der Waals surface area contributed by atoms with E-state index in [0.29, 0.717) is 6.04 Å². The lowest BCUT2D eigenvalue weighted by molar-refractivity contribution is 0.266. The molecule has 0 saturated heterocycles. The Morgan fingerprint density at radius 3 is 2.95 bits per heavy atom. The van der Waals surface area contributed by atoms with E-state index in [1.807, 2.05) is 0 Å². The fraction of sp³-hybridized carbons (Fsp3) is 0.750. The molecule has 0 saturated carbocycles. The first-order chi connectivity index (χ1) is 9.09. The Kier molecular flexibility index (Phi) is 5.06. The minimum absolute atomic E-state index is 0.275. The van der Waals surface area contributed by atoms with Crippen LogP contribution in [0.2, 0.25) is 0 Å². The Balaban J connectivity index is 1.81. The topological polar surface area (TPSA) is 34.2 Å². The molecule has 108 valence electrons. The van der Waals surface area contributed by atoms with Gasteiger partial charge in [0.15, 0.2) is 0 Å². The van der Waals surface area contributed by atoms with Gasteiger partial charge in [-0.15, -0.1) is 0 Å². The molecule has 0 aliphatic heterocycles. The first-order valence-electron chi connectivity index (χ1n) is 7.73. The van der Waals surface area contributed by atoms with E-state index in [1.165, 1.54) is 43.5 Å². The van der Waals surface area contributed by atoms with E-state index in [2.05, 4.69) is 42.6 Å². The number of hydrogen-bond acceptors (Lipinski definition) is 2. The first kappa shape index (κ1) is 14.6. The van der Waals surface area contributed by atoms with E-state index in [4.69, 9.17) is 5.73 Å². The van der Waals surface area contributed by atoms with Crippen molar-refractivity contribution in [1.82, 2.24) is 9.47 Å². The molecule has 1 atom stereocenters. The van der Waals surface area contributed by atoms with Crippen LogP contribution in [0.1, 0.15) is 56.8 Å². The number of nitrogens with zero attached hydrogens (tertiary/aromatic N) is 2. The van der Waals surface area contributed by atoms with Crippen molar-refractivity contribution in [2.45, 2.75) is 64.6 Å². The van der Waals surface area contributed by atoms with Gasteiger partial charge in [0, 0.05) is 30.5 Å². The molecule has 1 aromatic rings. The minimum atomic E-state index is 0.275. The zero-order chi connectivity index (χ0) is 13.8. The largest absolute Gasteiger partial charge is 0.351 e. The Morgan fingerprint density at radius 2 is 2.21 bits per heavy atom. The van der Waals surface area contributed by atoms with Crippen molar-refractivity contribution in [3.05, 3.63) is 23.5 Å². The third-order valence-electron chi connectivity index (χ3n) is 4.48. The van der Waals surface area contributed by atoms with Crippen LogP contribution in [0.15, 0.2) is 12.3 Å². The van der Waals surface area contributed by atoms with Gasteiger partial charge in [0.05, 0.1) is 0 Å². The van der Waals surface area contributed by atoms with Gasteiger partial charge in [0.2, 0.25) is 0 Å². The molecule has 3 heteroatoms. The summed E-state index contributed by atoms with van der Waals surface area (Å²) in [6.07, 6.45) is 8.37. The summed E-state index contributed by atoms with van der Waals surface area (Å²) in [6.45, 7) is 6.85. The van der Waals surface area contributed by atoms with Gasteiger partial charge in [0.25, 0.3) is 0 Å². The molecule has 3 nitrogen and oxygen atoms in total.